The fraction of sp³-hybridized carbons (Fsp3) is 0.500. The van der Waals surface area contributed by atoms with Gasteiger partial charge < -0.3 is 39.3 Å². The van der Waals surface area contributed by atoms with Crippen LogP contribution in [0.2, 0.25) is 0 Å². The maximum Gasteiger partial charge on any atom is 0.410 e. The molecule has 0 bridgehead atoms. The van der Waals surface area contributed by atoms with E-state index in [0.29, 0.717) is 63.3 Å². The van der Waals surface area contributed by atoms with Crippen molar-refractivity contribution >= 4 is 23.0 Å². The Kier molecular flexibility index (Phi) is 6.44. The number of aromatic nitrogens is 3. The third-order valence-electron chi connectivity index (χ3n) is 7.22. The zero-order valence-electron chi connectivity index (χ0n) is 23.0. The lowest BCUT2D eigenvalue weighted by Crippen LogP contribution is -2.43. The molecule has 2 aliphatic heterocycles. The molecule has 1 saturated carbocycles. The van der Waals surface area contributed by atoms with Crippen LogP contribution in [0, 0.1) is 12.8 Å². The quantitative estimate of drug-likeness (QED) is 0.422. The molecule has 4 N–H and O–H groups in total. The van der Waals surface area contributed by atoms with E-state index in [1.54, 1.807) is 27.7 Å². The van der Waals surface area contributed by atoms with Gasteiger partial charge in [-0.05, 0) is 63.6 Å². The summed E-state index contributed by atoms with van der Waals surface area (Å²) in [6.45, 7) is 8.03. The molecule has 0 spiro atoms. The molecular weight excluding hydrogens is 518 g/mol. The normalized spacial score (nSPS) is 20.2. The van der Waals surface area contributed by atoms with Crippen molar-refractivity contribution in [3.8, 4) is 28.5 Å². The van der Waals surface area contributed by atoms with Crippen LogP contribution < -0.4 is 24.5 Å². The van der Waals surface area contributed by atoms with E-state index >= 15 is 0 Å². The van der Waals surface area contributed by atoms with Gasteiger partial charge in [0.2, 0.25) is 12.3 Å². The zero-order valence-corrected chi connectivity index (χ0v) is 23.0. The first-order chi connectivity index (χ1) is 19.1. The number of nitrogens with zero attached hydrogens (tertiary/aromatic N) is 2. The number of hydrogen-bond donors (Lipinski definition) is 3. The molecule has 40 heavy (non-hydrogen) atoms. The lowest BCUT2D eigenvalue weighted by atomic mass is 10.1. The van der Waals surface area contributed by atoms with Crippen LogP contribution in [-0.2, 0) is 4.74 Å². The predicted octanol–water partition coefficient (Wildman–Crippen LogP) is 2.58. The maximum atomic E-state index is 13.5. The van der Waals surface area contributed by atoms with E-state index in [2.05, 4.69) is 20.3 Å². The summed E-state index contributed by atoms with van der Waals surface area (Å²) in [6.07, 6.45) is 2.37. The van der Waals surface area contributed by atoms with Crippen molar-refractivity contribution in [1.82, 2.24) is 20.2 Å². The number of likely N-dealkylation sites (tertiary alicyclic amines) is 1. The average molecular weight is 553 g/mol. The van der Waals surface area contributed by atoms with Gasteiger partial charge in [-0.25, -0.2) is 9.78 Å². The van der Waals surface area contributed by atoms with Gasteiger partial charge in [-0.3, -0.25) is 4.79 Å². The smallest absolute Gasteiger partial charge is 0.410 e. The van der Waals surface area contributed by atoms with E-state index in [9.17, 15) is 14.7 Å². The van der Waals surface area contributed by atoms with E-state index < -0.39 is 29.7 Å². The van der Waals surface area contributed by atoms with Crippen molar-refractivity contribution < 1.29 is 38.6 Å². The molecule has 2 amide bonds. The largest absolute Gasteiger partial charge is 0.492 e. The summed E-state index contributed by atoms with van der Waals surface area (Å²) >= 11 is 0. The monoisotopic (exact) mass is 552 g/mol. The number of fused-ring (bicyclic) bond motifs is 2. The van der Waals surface area contributed by atoms with Crippen LogP contribution >= 0.6 is 0 Å². The minimum atomic E-state index is -0.936. The minimum Gasteiger partial charge on any atom is -0.492 e. The highest BCUT2D eigenvalue weighted by molar-refractivity contribution is 6.09. The molecule has 1 aliphatic carbocycles. The van der Waals surface area contributed by atoms with Gasteiger partial charge in [0, 0.05) is 12.2 Å². The number of H-pyrrole nitrogens is 2. The summed E-state index contributed by atoms with van der Waals surface area (Å²) in [5, 5.41) is 13.5. The molecule has 12 heteroatoms. The third kappa shape index (κ3) is 4.99. The van der Waals surface area contributed by atoms with Gasteiger partial charge in [-0.1, -0.05) is 0 Å². The van der Waals surface area contributed by atoms with Gasteiger partial charge in [0.25, 0.3) is 12.2 Å². The van der Waals surface area contributed by atoms with Gasteiger partial charge in [-0.2, -0.15) is 0 Å². The summed E-state index contributed by atoms with van der Waals surface area (Å²) < 4.78 is 23.1. The average Bonchev–Trinajstić information content (AvgIpc) is 3.29. The first kappa shape index (κ1) is 26.2. The van der Waals surface area contributed by atoms with Crippen molar-refractivity contribution in [1.29, 1.82) is 0 Å². The van der Waals surface area contributed by atoms with E-state index in [1.165, 1.54) is 11.2 Å². The lowest BCUT2D eigenvalue weighted by Gasteiger charge is -2.24. The number of carbonyl (C=O) groups excluding carboxylic acids is 2. The van der Waals surface area contributed by atoms with Crippen molar-refractivity contribution in [3.63, 3.8) is 0 Å². The molecule has 12 nitrogen and oxygen atoms in total. The molecule has 3 aromatic rings. The van der Waals surface area contributed by atoms with Crippen LogP contribution in [-0.4, -0.2) is 76.2 Å². The van der Waals surface area contributed by atoms with Crippen molar-refractivity contribution in [2.75, 3.05) is 26.5 Å². The van der Waals surface area contributed by atoms with Gasteiger partial charge >= 0.3 is 6.09 Å². The fourth-order valence-corrected chi connectivity index (χ4v) is 5.08. The second-order valence-electron chi connectivity index (χ2n) is 11.6. The summed E-state index contributed by atoms with van der Waals surface area (Å²) in [7, 11) is 0. The first-order valence-corrected chi connectivity index (χ1v) is 13.5. The number of aliphatic hydroxyl groups excluding tert-OH is 1. The van der Waals surface area contributed by atoms with E-state index in [-0.39, 0.29) is 19.9 Å². The molecule has 2 aromatic heterocycles. The van der Waals surface area contributed by atoms with Crippen molar-refractivity contribution in [2.45, 2.75) is 58.3 Å². The number of aryl methyl sites for hydroxylation is 1. The van der Waals surface area contributed by atoms with E-state index in [0.717, 1.165) is 12.8 Å². The highest BCUT2D eigenvalue weighted by Gasteiger charge is 2.38. The Labute approximate surface area is 231 Å². The molecule has 212 valence electrons. The molecule has 1 aromatic carbocycles. The molecule has 6 rings (SSSR count). The first-order valence-electron chi connectivity index (χ1n) is 13.5. The van der Waals surface area contributed by atoms with E-state index in [1.807, 2.05) is 12.1 Å². The van der Waals surface area contributed by atoms with Crippen molar-refractivity contribution in [2.24, 2.45) is 5.92 Å². The van der Waals surface area contributed by atoms with Crippen LogP contribution in [0.25, 0.3) is 22.3 Å². The number of hydrogen-bond acceptors (Lipinski definition) is 8. The number of aromatic amines is 2. The Bertz CT molecular complexity index is 1480. The Morgan fingerprint density at radius 1 is 1.25 bits per heavy atom. The van der Waals surface area contributed by atoms with Gasteiger partial charge in [0.15, 0.2) is 17.2 Å². The summed E-state index contributed by atoms with van der Waals surface area (Å²) in [6, 6.07) is 3.04. The van der Waals surface area contributed by atoms with Crippen molar-refractivity contribution in [3.05, 3.63) is 29.7 Å². The molecule has 4 heterocycles. The van der Waals surface area contributed by atoms with Crippen LogP contribution in [0.1, 0.15) is 49.7 Å². The zero-order chi connectivity index (χ0) is 28.2. The lowest BCUT2D eigenvalue weighted by molar-refractivity contribution is -0.367. The minimum absolute atomic E-state index is 0.0644. The Balaban J connectivity index is 1.29. The molecule has 2 atom stereocenters. The number of rotatable bonds is 6. The second kappa shape index (κ2) is 9.84. The van der Waals surface area contributed by atoms with Crippen LogP contribution in [0.3, 0.4) is 0 Å². The van der Waals surface area contributed by atoms with Crippen LogP contribution in [0.15, 0.2) is 18.5 Å². The number of β-amino-alcohol motifs (C(OH)–C–C–N with tert-alkyl or cyclic N) is 1. The SMILES string of the molecule is Cc1[nH]c2c(-c3c(OCC4CC4)ccc4c3OCO4)[nH+]cnc2c1C(=O)N[C@@H]1CN(C(=O)OC(C)(C)C)C[C@H]1O. The highest BCUT2D eigenvalue weighted by atomic mass is 16.7. The number of carbonyl (C=O) groups is 2. The van der Waals surface area contributed by atoms with Gasteiger partial charge in [0.1, 0.15) is 28.0 Å². The summed E-state index contributed by atoms with van der Waals surface area (Å²) in [4.78, 5) is 38.4. The number of benzene rings is 1. The molecule has 0 unspecified atom stereocenters. The number of ether oxygens (including phenoxy) is 4. The second-order valence-corrected chi connectivity index (χ2v) is 11.6. The van der Waals surface area contributed by atoms with Crippen LogP contribution in [0.5, 0.6) is 17.2 Å². The fourth-order valence-electron chi connectivity index (χ4n) is 5.08. The van der Waals surface area contributed by atoms with E-state index in [4.69, 9.17) is 18.9 Å². The third-order valence-corrected chi connectivity index (χ3v) is 7.22. The van der Waals surface area contributed by atoms with Gasteiger partial charge in [-0.15, -0.1) is 0 Å². The number of nitrogens with one attached hydrogen (secondary N) is 3. The highest BCUT2D eigenvalue weighted by Crippen LogP contribution is 2.47. The molecule has 3 aliphatic rings. The molecular formula is C28H34N5O7+. The molecule has 0 radical (unpaired) electrons. The predicted molar refractivity (Wildman–Crippen MR) is 142 cm³/mol. The Morgan fingerprint density at radius 2 is 2.05 bits per heavy atom. The number of aliphatic hydroxyl groups is 1. The van der Waals surface area contributed by atoms with Crippen LogP contribution in [0.4, 0.5) is 4.79 Å². The Hall–Kier alpha value is -4.06. The molecule has 2 fully saturated rings. The molecule has 1 saturated heterocycles. The summed E-state index contributed by atoms with van der Waals surface area (Å²) in [5.74, 6) is 1.96. The number of amides is 2. The van der Waals surface area contributed by atoms with Gasteiger partial charge in [0.05, 0.1) is 25.3 Å². The maximum absolute atomic E-state index is 13.5. The Morgan fingerprint density at radius 3 is 2.80 bits per heavy atom. The topological polar surface area (TPSA) is 149 Å². The standard InChI is InChI=1S/C28H33N5O7/c1-14-20(26(35)32-16-9-33(10-17(16)34)27(36)40-28(2,3)4)22-24(31-14)23(30-12-29-22)21-18(37-11-15-5-6-15)7-8-19-25(21)39-13-38-19/h7-8,12,15-17,31,34H,5-6,9-11,13H2,1-4H3,(H,32,35)/p+1/t16-,17-/m1/s1. The summed E-state index contributed by atoms with van der Waals surface area (Å²) in [5.41, 5.74) is 2.68.